The predicted molar refractivity (Wildman–Crippen MR) is 119 cm³/mol. The minimum absolute atomic E-state index is 0.388. The van der Waals surface area contributed by atoms with Gasteiger partial charge in [0.2, 0.25) is 10.0 Å². The van der Waals surface area contributed by atoms with Crippen molar-refractivity contribution in [3.8, 4) is 0 Å². The van der Waals surface area contributed by atoms with Gasteiger partial charge in [-0.2, -0.15) is 4.31 Å². The first-order valence-electron chi connectivity index (χ1n) is 10.6. The third-order valence-electron chi connectivity index (χ3n) is 6.14. The van der Waals surface area contributed by atoms with Crippen LogP contribution in [0.25, 0.3) is 5.65 Å². The first kappa shape index (κ1) is 21.0. The number of rotatable bonds is 6. The van der Waals surface area contributed by atoms with Gasteiger partial charge >= 0.3 is 0 Å². The highest BCUT2D eigenvalue weighted by Crippen LogP contribution is 2.23. The van der Waals surface area contributed by atoms with Crippen LogP contribution in [0, 0.1) is 6.92 Å². The summed E-state index contributed by atoms with van der Waals surface area (Å²) in [5, 5.41) is 0. The molecule has 1 atom stereocenters. The van der Waals surface area contributed by atoms with Crippen molar-refractivity contribution in [3.05, 3.63) is 65.6 Å². The number of hydrogen-bond acceptors (Lipinski definition) is 4. The molecule has 0 amide bonds. The van der Waals surface area contributed by atoms with E-state index >= 15 is 0 Å². The fourth-order valence-electron chi connectivity index (χ4n) is 3.99. The van der Waals surface area contributed by atoms with Gasteiger partial charge in [0.1, 0.15) is 5.65 Å². The summed E-state index contributed by atoms with van der Waals surface area (Å²) >= 11 is 0. The highest BCUT2D eigenvalue weighted by atomic mass is 32.2. The van der Waals surface area contributed by atoms with Crippen LogP contribution in [0.5, 0.6) is 0 Å². The van der Waals surface area contributed by atoms with Gasteiger partial charge in [-0.3, -0.25) is 4.90 Å². The van der Waals surface area contributed by atoms with Gasteiger partial charge in [0.05, 0.1) is 10.6 Å². The summed E-state index contributed by atoms with van der Waals surface area (Å²) in [6.07, 6.45) is 5.11. The lowest BCUT2D eigenvalue weighted by atomic mass is 9.99. The van der Waals surface area contributed by atoms with E-state index in [1.807, 2.05) is 24.4 Å². The van der Waals surface area contributed by atoms with Gasteiger partial charge in [-0.1, -0.05) is 32.0 Å². The molecule has 0 N–H and O–H groups in total. The molecule has 1 fully saturated rings. The number of benzene rings is 1. The molecule has 7 heteroatoms. The van der Waals surface area contributed by atoms with Crippen LogP contribution in [0.1, 0.15) is 43.0 Å². The molecule has 0 unspecified atom stereocenters. The highest BCUT2D eigenvalue weighted by Gasteiger charge is 2.28. The molecule has 30 heavy (non-hydrogen) atoms. The van der Waals surface area contributed by atoms with E-state index in [4.69, 9.17) is 4.98 Å². The summed E-state index contributed by atoms with van der Waals surface area (Å²) in [7, 11) is -3.45. The number of aromatic nitrogens is 2. The van der Waals surface area contributed by atoms with E-state index in [0.29, 0.717) is 37.0 Å². The third-order valence-corrected chi connectivity index (χ3v) is 8.06. The lowest BCUT2D eigenvalue weighted by Crippen LogP contribution is -2.48. The Morgan fingerprint density at radius 2 is 1.77 bits per heavy atom. The van der Waals surface area contributed by atoms with Crippen LogP contribution in [0.4, 0.5) is 0 Å². The van der Waals surface area contributed by atoms with Gasteiger partial charge < -0.3 is 4.40 Å². The largest absolute Gasteiger partial charge is 0.307 e. The fraction of sp³-hybridized carbons (Fsp3) is 0.435. The van der Waals surface area contributed by atoms with Crippen LogP contribution in [-0.2, 0) is 16.6 Å². The predicted octanol–water partition coefficient (Wildman–Crippen LogP) is 3.66. The Balaban J connectivity index is 1.40. The number of pyridine rings is 1. The molecule has 4 rings (SSSR count). The summed E-state index contributed by atoms with van der Waals surface area (Å²) in [5.41, 5.74) is 4.33. The molecule has 0 saturated carbocycles. The lowest BCUT2D eigenvalue weighted by molar-refractivity contribution is 0.180. The van der Waals surface area contributed by atoms with Crippen molar-refractivity contribution in [2.75, 3.05) is 26.2 Å². The number of imidazole rings is 1. The number of fused-ring (bicyclic) bond motifs is 1. The van der Waals surface area contributed by atoms with Crippen LogP contribution in [0.2, 0.25) is 0 Å². The van der Waals surface area contributed by atoms with Crippen molar-refractivity contribution in [1.29, 1.82) is 0 Å². The first-order chi connectivity index (χ1) is 14.4. The van der Waals surface area contributed by atoms with E-state index in [1.54, 1.807) is 16.4 Å². The van der Waals surface area contributed by atoms with E-state index in [1.165, 1.54) is 5.56 Å². The number of nitrogens with zero attached hydrogens (tertiary/aromatic N) is 4. The molecule has 0 bridgehead atoms. The average Bonchev–Trinajstić information content (AvgIpc) is 3.17. The second-order valence-electron chi connectivity index (χ2n) is 8.21. The monoisotopic (exact) mass is 426 g/mol. The van der Waals surface area contributed by atoms with Crippen molar-refractivity contribution in [2.24, 2.45) is 0 Å². The fourth-order valence-corrected chi connectivity index (χ4v) is 5.41. The Morgan fingerprint density at radius 3 is 2.40 bits per heavy atom. The molecular formula is C23H30N4O2S. The zero-order chi connectivity index (χ0) is 21.3. The Bertz CT molecular complexity index is 1110. The standard InChI is InChI=1S/C23H30N4O2S/c1-4-18(2)20-7-9-22(10-8-20)30(28,29)27-14-12-25(13-15-27)16-21-17-26-11-5-6-19(3)23(26)24-21/h5-11,17-18H,4,12-16H2,1-3H3/t18-/m1/s1. The van der Waals surface area contributed by atoms with E-state index in [0.717, 1.165) is 29.9 Å². The van der Waals surface area contributed by atoms with E-state index < -0.39 is 10.0 Å². The summed E-state index contributed by atoms with van der Waals surface area (Å²) in [6.45, 7) is 9.51. The second-order valence-corrected chi connectivity index (χ2v) is 10.2. The van der Waals surface area contributed by atoms with E-state index in [9.17, 15) is 8.42 Å². The minimum atomic E-state index is -3.45. The Hall–Kier alpha value is -2.22. The smallest absolute Gasteiger partial charge is 0.243 e. The number of piperazine rings is 1. The summed E-state index contributed by atoms with van der Waals surface area (Å²) in [6, 6.07) is 11.5. The minimum Gasteiger partial charge on any atom is -0.307 e. The van der Waals surface area contributed by atoms with Gasteiger partial charge in [0.25, 0.3) is 0 Å². The lowest BCUT2D eigenvalue weighted by Gasteiger charge is -2.33. The average molecular weight is 427 g/mol. The number of sulfonamides is 1. The van der Waals surface area contributed by atoms with Gasteiger partial charge in [-0.25, -0.2) is 13.4 Å². The zero-order valence-electron chi connectivity index (χ0n) is 18.0. The molecule has 160 valence electrons. The highest BCUT2D eigenvalue weighted by molar-refractivity contribution is 7.89. The quantitative estimate of drug-likeness (QED) is 0.604. The summed E-state index contributed by atoms with van der Waals surface area (Å²) in [4.78, 5) is 7.40. The molecule has 3 heterocycles. The van der Waals surface area contributed by atoms with Crippen molar-refractivity contribution in [3.63, 3.8) is 0 Å². The molecular weight excluding hydrogens is 396 g/mol. The van der Waals surface area contributed by atoms with Crippen LogP contribution in [0.3, 0.4) is 0 Å². The molecule has 1 saturated heterocycles. The maximum absolute atomic E-state index is 13.0. The van der Waals surface area contributed by atoms with E-state index in [2.05, 4.69) is 42.3 Å². The Labute approximate surface area is 179 Å². The SMILES string of the molecule is CC[C@@H](C)c1ccc(S(=O)(=O)N2CCN(Cc3cn4cccc(C)c4n3)CC2)cc1. The van der Waals surface area contributed by atoms with Crippen molar-refractivity contribution >= 4 is 15.7 Å². The van der Waals surface area contributed by atoms with Crippen LogP contribution in [0.15, 0.2) is 53.7 Å². The molecule has 1 aromatic carbocycles. The molecule has 0 radical (unpaired) electrons. The van der Waals surface area contributed by atoms with Gasteiger partial charge in [-0.05, 0) is 48.6 Å². The van der Waals surface area contributed by atoms with Gasteiger partial charge in [0, 0.05) is 45.1 Å². The maximum Gasteiger partial charge on any atom is 0.243 e. The van der Waals surface area contributed by atoms with Crippen molar-refractivity contribution in [1.82, 2.24) is 18.6 Å². The Kier molecular flexibility index (Phi) is 5.95. The molecule has 0 aliphatic carbocycles. The van der Waals surface area contributed by atoms with Crippen LogP contribution >= 0.6 is 0 Å². The zero-order valence-corrected chi connectivity index (χ0v) is 18.8. The third kappa shape index (κ3) is 4.15. The normalized spacial score (nSPS) is 17.4. The van der Waals surface area contributed by atoms with E-state index in [-0.39, 0.29) is 0 Å². The first-order valence-corrected chi connectivity index (χ1v) is 12.1. The van der Waals surface area contributed by atoms with Crippen LogP contribution < -0.4 is 0 Å². The molecule has 1 aliphatic heterocycles. The van der Waals surface area contributed by atoms with Gasteiger partial charge in [0.15, 0.2) is 0 Å². The molecule has 2 aromatic heterocycles. The summed E-state index contributed by atoms with van der Waals surface area (Å²) < 4.78 is 29.8. The number of hydrogen-bond donors (Lipinski definition) is 0. The molecule has 1 aliphatic rings. The maximum atomic E-state index is 13.0. The number of aryl methyl sites for hydroxylation is 1. The molecule has 6 nitrogen and oxygen atoms in total. The topological polar surface area (TPSA) is 57.9 Å². The van der Waals surface area contributed by atoms with Crippen molar-refractivity contribution < 1.29 is 8.42 Å². The molecule has 0 spiro atoms. The summed E-state index contributed by atoms with van der Waals surface area (Å²) in [5.74, 6) is 0.439. The van der Waals surface area contributed by atoms with Crippen molar-refractivity contribution in [2.45, 2.75) is 44.6 Å². The van der Waals surface area contributed by atoms with Gasteiger partial charge in [-0.15, -0.1) is 0 Å². The molecule has 3 aromatic rings. The second kappa shape index (κ2) is 8.49. The van der Waals surface area contributed by atoms with Crippen LogP contribution in [-0.4, -0.2) is 53.2 Å². The Morgan fingerprint density at radius 1 is 1.07 bits per heavy atom.